The molecule has 4 heterocycles. The van der Waals surface area contributed by atoms with E-state index in [2.05, 4.69) is 15.5 Å². The maximum atomic E-state index is 14.4. The van der Waals surface area contributed by atoms with Crippen LogP contribution in [0.2, 0.25) is 0 Å². The first-order valence-electron chi connectivity index (χ1n) is 13.2. The number of hydrogen-bond donors (Lipinski definition) is 1. The standard InChI is InChI=1S/C28H31F3N6O/c1-17(2)32-21-12-13-36(15-21)26(28(29,30)31)20-9-11-24-34-35-27(37(24)14-20)22-10-8-19-4-3-5-23(25(19)33-22)38-16-18-6-7-18/h3-5,8-11,14,17-18,21,26,32H,6-7,12-13,15-16H2,1-2H3. The SMILES string of the molecule is CC(C)NC1CCN(C(c2ccc3nnc(-c4ccc5cccc(OCC6CC6)c5n4)n3c2)C(F)(F)F)C1. The van der Waals surface area contributed by atoms with E-state index < -0.39 is 12.2 Å². The largest absolute Gasteiger partial charge is 0.491 e. The molecule has 2 aliphatic rings. The second-order valence-corrected chi connectivity index (χ2v) is 10.7. The van der Waals surface area contributed by atoms with Crippen molar-refractivity contribution in [3.8, 4) is 17.3 Å². The molecule has 1 saturated heterocycles. The maximum absolute atomic E-state index is 14.4. The summed E-state index contributed by atoms with van der Waals surface area (Å²) in [6.07, 6.45) is 0.125. The Labute approximate surface area is 219 Å². The number of fused-ring (bicyclic) bond motifs is 2. The Morgan fingerprint density at radius 1 is 1.05 bits per heavy atom. The molecule has 200 valence electrons. The van der Waals surface area contributed by atoms with E-state index in [0.717, 1.165) is 5.39 Å². The van der Waals surface area contributed by atoms with Gasteiger partial charge in [-0.3, -0.25) is 9.30 Å². The Morgan fingerprint density at radius 3 is 2.66 bits per heavy atom. The van der Waals surface area contributed by atoms with Gasteiger partial charge in [-0.15, -0.1) is 10.2 Å². The summed E-state index contributed by atoms with van der Waals surface area (Å²) in [6, 6.07) is 11.2. The van der Waals surface area contributed by atoms with Crippen molar-refractivity contribution in [3.05, 3.63) is 54.2 Å². The fourth-order valence-electron chi connectivity index (χ4n) is 5.33. The van der Waals surface area contributed by atoms with Gasteiger partial charge in [-0.1, -0.05) is 38.1 Å². The molecule has 2 fully saturated rings. The Hall–Kier alpha value is -3.24. The lowest BCUT2D eigenvalue weighted by molar-refractivity contribution is -0.184. The average Bonchev–Trinajstić information content (AvgIpc) is 3.45. The van der Waals surface area contributed by atoms with Crippen LogP contribution in [0, 0.1) is 5.92 Å². The molecule has 10 heteroatoms. The highest BCUT2D eigenvalue weighted by molar-refractivity contribution is 5.86. The van der Waals surface area contributed by atoms with E-state index in [-0.39, 0.29) is 17.6 Å². The number of hydrogen-bond acceptors (Lipinski definition) is 6. The van der Waals surface area contributed by atoms with E-state index >= 15 is 0 Å². The van der Waals surface area contributed by atoms with Crippen molar-refractivity contribution in [2.24, 2.45) is 5.92 Å². The van der Waals surface area contributed by atoms with Gasteiger partial charge in [0.2, 0.25) is 0 Å². The van der Waals surface area contributed by atoms with Crippen LogP contribution in [0.25, 0.3) is 28.1 Å². The number of para-hydroxylation sites is 1. The van der Waals surface area contributed by atoms with Gasteiger partial charge in [0.25, 0.3) is 0 Å². The van der Waals surface area contributed by atoms with E-state index in [4.69, 9.17) is 9.72 Å². The number of likely N-dealkylation sites (tertiary alicyclic amines) is 1. The van der Waals surface area contributed by atoms with Crippen LogP contribution in [-0.2, 0) is 0 Å². The quantitative estimate of drug-likeness (QED) is 0.333. The highest BCUT2D eigenvalue weighted by Gasteiger charge is 2.47. The van der Waals surface area contributed by atoms with Crippen molar-refractivity contribution in [1.82, 2.24) is 29.8 Å². The number of halogens is 3. The number of aromatic nitrogens is 4. The second kappa shape index (κ2) is 9.81. The number of alkyl halides is 3. The van der Waals surface area contributed by atoms with Gasteiger partial charge in [0, 0.05) is 36.8 Å². The van der Waals surface area contributed by atoms with Crippen LogP contribution >= 0.6 is 0 Å². The third kappa shape index (κ3) is 5.07. The van der Waals surface area contributed by atoms with Crippen molar-refractivity contribution >= 4 is 16.6 Å². The zero-order chi connectivity index (χ0) is 26.4. The van der Waals surface area contributed by atoms with Crippen LogP contribution in [0.3, 0.4) is 0 Å². The molecule has 1 aliphatic heterocycles. The van der Waals surface area contributed by atoms with Crippen LogP contribution in [0.4, 0.5) is 13.2 Å². The molecule has 38 heavy (non-hydrogen) atoms. The van der Waals surface area contributed by atoms with E-state index in [0.29, 0.717) is 60.5 Å². The average molecular weight is 525 g/mol. The van der Waals surface area contributed by atoms with E-state index in [1.807, 2.05) is 44.2 Å². The summed E-state index contributed by atoms with van der Waals surface area (Å²) in [6.45, 7) is 5.39. The number of ether oxygens (including phenoxy) is 1. The van der Waals surface area contributed by atoms with Gasteiger partial charge in [0.15, 0.2) is 11.5 Å². The number of nitrogens with zero attached hydrogens (tertiary/aromatic N) is 5. The fraction of sp³-hybridized carbons (Fsp3) is 0.464. The molecule has 1 N–H and O–H groups in total. The Balaban J connectivity index is 1.36. The molecule has 4 aromatic rings. The van der Waals surface area contributed by atoms with Crippen molar-refractivity contribution in [2.75, 3.05) is 19.7 Å². The minimum absolute atomic E-state index is 0.0344. The van der Waals surface area contributed by atoms with E-state index in [1.165, 1.54) is 30.0 Å². The molecule has 0 amide bonds. The summed E-state index contributed by atoms with van der Waals surface area (Å²) in [7, 11) is 0. The molecule has 1 saturated carbocycles. The first-order chi connectivity index (χ1) is 18.3. The van der Waals surface area contributed by atoms with E-state index in [1.54, 1.807) is 10.5 Å². The molecule has 0 spiro atoms. The normalized spacial score (nSPS) is 19.6. The van der Waals surface area contributed by atoms with Crippen molar-refractivity contribution in [2.45, 2.75) is 57.4 Å². The van der Waals surface area contributed by atoms with Gasteiger partial charge in [-0.2, -0.15) is 13.2 Å². The smallest absolute Gasteiger partial charge is 0.408 e. The monoisotopic (exact) mass is 524 g/mol. The molecule has 0 bridgehead atoms. The molecular weight excluding hydrogens is 493 g/mol. The van der Waals surface area contributed by atoms with Crippen molar-refractivity contribution in [1.29, 1.82) is 0 Å². The molecule has 1 aliphatic carbocycles. The first kappa shape index (κ1) is 25.1. The zero-order valence-electron chi connectivity index (χ0n) is 21.4. The third-order valence-electron chi connectivity index (χ3n) is 7.29. The topological polar surface area (TPSA) is 67.6 Å². The minimum atomic E-state index is -4.43. The maximum Gasteiger partial charge on any atom is 0.408 e. The van der Waals surface area contributed by atoms with Crippen LogP contribution in [0.5, 0.6) is 5.75 Å². The number of rotatable bonds is 8. The Kier molecular flexibility index (Phi) is 6.47. The van der Waals surface area contributed by atoms with Gasteiger partial charge in [0.1, 0.15) is 23.0 Å². The highest BCUT2D eigenvalue weighted by Crippen LogP contribution is 2.40. The summed E-state index contributed by atoms with van der Waals surface area (Å²) in [5.41, 5.74) is 1.85. The summed E-state index contributed by atoms with van der Waals surface area (Å²) < 4.78 is 50.9. The molecule has 6 rings (SSSR count). The lowest BCUT2D eigenvalue weighted by Crippen LogP contribution is -2.41. The molecule has 0 radical (unpaired) electrons. The molecule has 2 unspecified atom stereocenters. The van der Waals surface area contributed by atoms with Gasteiger partial charge in [0.05, 0.1) is 6.61 Å². The molecule has 7 nitrogen and oxygen atoms in total. The molecule has 1 aromatic carbocycles. The van der Waals surface area contributed by atoms with Gasteiger partial charge in [-0.25, -0.2) is 4.98 Å². The molecule has 3 aromatic heterocycles. The number of nitrogens with one attached hydrogen (secondary N) is 1. The van der Waals surface area contributed by atoms with Crippen LogP contribution in [0.15, 0.2) is 48.7 Å². The summed E-state index contributed by atoms with van der Waals surface area (Å²) in [5, 5.41) is 12.8. The lowest BCUT2D eigenvalue weighted by Gasteiger charge is -2.30. The fourth-order valence-corrected chi connectivity index (χ4v) is 5.33. The van der Waals surface area contributed by atoms with Gasteiger partial charge < -0.3 is 10.1 Å². The highest BCUT2D eigenvalue weighted by atomic mass is 19.4. The summed E-state index contributed by atoms with van der Waals surface area (Å²) in [5.74, 6) is 1.69. The summed E-state index contributed by atoms with van der Waals surface area (Å²) >= 11 is 0. The van der Waals surface area contributed by atoms with Crippen LogP contribution in [0.1, 0.15) is 44.7 Å². The van der Waals surface area contributed by atoms with Crippen LogP contribution in [-0.4, -0.2) is 62.4 Å². The number of benzene rings is 1. The lowest BCUT2D eigenvalue weighted by atomic mass is 10.1. The van der Waals surface area contributed by atoms with Crippen LogP contribution < -0.4 is 10.1 Å². The Bertz CT molecular complexity index is 1450. The predicted molar refractivity (Wildman–Crippen MR) is 139 cm³/mol. The number of pyridine rings is 2. The first-order valence-corrected chi connectivity index (χ1v) is 13.2. The predicted octanol–water partition coefficient (Wildman–Crippen LogP) is 5.41. The van der Waals surface area contributed by atoms with Gasteiger partial charge >= 0.3 is 6.18 Å². The molecular formula is C28H31F3N6O. The minimum Gasteiger partial charge on any atom is -0.491 e. The summed E-state index contributed by atoms with van der Waals surface area (Å²) in [4.78, 5) is 6.33. The van der Waals surface area contributed by atoms with Crippen molar-refractivity contribution < 1.29 is 17.9 Å². The molecule has 2 atom stereocenters. The van der Waals surface area contributed by atoms with Crippen molar-refractivity contribution in [3.63, 3.8) is 0 Å². The zero-order valence-corrected chi connectivity index (χ0v) is 21.4. The third-order valence-corrected chi connectivity index (χ3v) is 7.29. The Morgan fingerprint density at radius 2 is 1.89 bits per heavy atom. The van der Waals surface area contributed by atoms with Gasteiger partial charge in [-0.05, 0) is 48.9 Å². The second-order valence-electron chi connectivity index (χ2n) is 10.7. The van der Waals surface area contributed by atoms with E-state index in [9.17, 15) is 13.2 Å².